The molecule has 0 saturated heterocycles. The molecule has 0 atom stereocenters. The largest absolute Gasteiger partial charge is 2.00 e. The fourth-order valence-corrected chi connectivity index (χ4v) is 0.722. The summed E-state index contributed by atoms with van der Waals surface area (Å²) >= 11 is 0. The third-order valence-electron chi connectivity index (χ3n) is 2.39. The van der Waals surface area contributed by atoms with Crippen molar-refractivity contribution in [3.8, 4) is 0 Å². The van der Waals surface area contributed by atoms with E-state index in [2.05, 4.69) is 13.3 Å². The third kappa shape index (κ3) is 10.1. The first kappa shape index (κ1) is 38.7. The number of alkyl halides is 12. The molecule has 0 fully saturated rings. The van der Waals surface area contributed by atoms with Gasteiger partial charge in [-0.05, 0) is 0 Å². The summed E-state index contributed by atoms with van der Waals surface area (Å²) in [6.45, 7) is 4.61. The van der Waals surface area contributed by atoms with E-state index in [1.807, 2.05) is 0 Å². The predicted octanol–water partition coefficient (Wildman–Crippen LogP) is 3.71. The predicted molar refractivity (Wildman–Crippen MR) is 60.4 cm³/mol. The van der Waals surface area contributed by atoms with E-state index in [1.165, 1.54) is 0 Å². The monoisotopic (exact) mass is 550 g/mol. The average molecular weight is 549 g/mol. The van der Waals surface area contributed by atoms with E-state index in [1.54, 1.807) is 0 Å². The molecule has 0 rings (SSSR count). The van der Waals surface area contributed by atoms with E-state index >= 15 is 0 Å². The molecule has 0 aromatic rings. The molecule has 4 N–H and O–H groups in total. The van der Waals surface area contributed by atoms with E-state index in [4.69, 9.17) is 31.0 Å². The molecule has 0 bridgehead atoms. The molecule has 0 radical (unpaired) electrons. The van der Waals surface area contributed by atoms with Crippen LogP contribution in [0.25, 0.3) is 11.5 Å². The first-order valence-corrected chi connectivity index (χ1v) is 5.54. The number of aliphatic hydroxyl groups is 2. The van der Waals surface area contributed by atoms with Crippen LogP contribution in [0.1, 0.15) is 0 Å². The molecule has 19 heteroatoms. The number of halogens is 12. The molecular weight excluding hydrogens is 541 g/mol. The minimum atomic E-state index is -5.87. The van der Waals surface area contributed by atoms with Crippen LogP contribution >= 0.6 is 0 Å². The molecule has 0 spiro atoms. The van der Waals surface area contributed by atoms with Crippen LogP contribution in [-0.4, -0.2) is 59.2 Å². The van der Waals surface area contributed by atoms with E-state index < -0.39 is 49.0 Å². The second kappa shape index (κ2) is 13.4. The Morgan fingerprint density at radius 3 is 0.621 bits per heavy atom. The smallest absolute Gasteiger partial charge is 0.675 e. The topological polar surface area (TPSA) is 128 Å². The Kier molecular flexibility index (Phi) is 17.9. The quantitative estimate of drug-likeness (QED) is 0.236. The first-order chi connectivity index (χ1) is 12.1. The standard InChI is InChI=1S/2C4H4F6NO.2CO.Ru/c2*5-3(6,7)2(12,1-11)4(8,9)10;2*1-2;/h2*11-12H,1H2;;;/q2*-1;;;+2. The molecule has 29 heavy (non-hydrogen) atoms. The Morgan fingerprint density at radius 2 is 0.621 bits per heavy atom. The maximum Gasteiger partial charge on any atom is 2.00 e. The van der Waals surface area contributed by atoms with Gasteiger partial charge in [-0.1, -0.05) is 0 Å². The first-order valence-electron chi connectivity index (χ1n) is 5.54. The minimum Gasteiger partial charge on any atom is -0.675 e. The van der Waals surface area contributed by atoms with Gasteiger partial charge in [-0.15, -0.1) is 13.1 Å². The molecule has 0 aliphatic heterocycles. The van der Waals surface area contributed by atoms with Crippen molar-refractivity contribution < 1.29 is 91.7 Å². The van der Waals surface area contributed by atoms with Crippen molar-refractivity contribution in [2.75, 3.05) is 13.1 Å². The van der Waals surface area contributed by atoms with E-state index in [0.717, 1.165) is 0 Å². The Hall–Kier alpha value is -0.897. The zero-order valence-electron chi connectivity index (χ0n) is 13.0. The normalized spacial score (nSPS) is 12.6. The Morgan fingerprint density at radius 1 is 0.517 bits per heavy atom. The summed E-state index contributed by atoms with van der Waals surface area (Å²) in [5.41, 5.74) is 2.12. The van der Waals surface area contributed by atoms with Crippen LogP contribution in [0.3, 0.4) is 0 Å². The van der Waals surface area contributed by atoms with Crippen molar-refractivity contribution >= 4 is 0 Å². The van der Waals surface area contributed by atoms with Gasteiger partial charge in [0.15, 0.2) is 0 Å². The molecule has 0 amide bonds. The van der Waals surface area contributed by atoms with Gasteiger partial charge in [-0.2, -0.15) is 52.7 Å². The van der Waals surface area contributed by atoms with Crippen molar-refractivity contribution in [2.24, 2.45) is 0 Å². The number of nitrogens with one attached hydrogen (secondary N) is 2. The van der Waals surface area contributed by atoms with Crippen molar-refractivity contribution in [3.63, 3.8) is 0 Å². The maximum atomic E-state index is 11.5. The fourth-order valence-electron chi connectivity index (χ4n) is 0.722. The Labute approximate surface area is 166 Å². The van der Waals surface area contributed by atoms with E-state index in [-0.39, 0.29) is 19.5 Å². The molecule has 174 valence electrons. The molecule has 0 aromatic heterocycles. The van der Waals surface area contributed by atoms with Crippen molar-refractivity contribution in [3.05, 3.63) is 24.8 Å². The van der Waals surface area contributed by atoms with Gasteiger partial charge < -0.3 is 21.7 Å². The van der Waals surface area contributed by atoms with Gasteiger partial charge in [-0.3, -0.25) is 0 Å². The van der Waals surface area contributed by atoms with Crippen LogP contribution in [-0.2, 0) is 28.8 Å². The number of rotatable bonds is 2. The second-order valence-electron chi connectivity index (χ2n) is 4.07. The van der Waals surface area contributed by atoms with Crippen LogP contribution in [0.2, 0.25) is 0 Å². The van der Waals surface area contributed by atoms with Gasteiger partial charge in [0, 0.05) is 0 Å². The third-order valence-corrected chi connectivity index (χ3v) is 2.39. The maximum absolute atomic E-state index is 11.5. The summed E-state index contributed by atoms with van der Waals surface area (Å²) in [5, 5.41) is 16.1. The molecular formula is C10H8F12N2O4Ru. The fraction of sp³-hybridized carbons (Fsp3) is 0.800. The van der Waals surface area contributed by atoms with Crippen LogP contribution < -0.4 is 0 Å². The van der Waals surface area contributed by atoms with Crippen LogP contribution in [0, 0.1) is 13.3 Å². The van der Waals surface area contributed by atoms with Gasteiger partial charge in [0.1, 0.15) is 0 Å². The van der Waals surface area contributed by atoms with Gasteiger partial charge in [-0.25, -0.2) is 0 Å². The molecule has 0 saturated carbocycles. The summed E-state index contributed by atoms with van der Waals surface area (Å²) in [6.07, 6.45) is -23.5. The molecule has 6 nitrogen and oxygen atoms in total. The van der Waals surface area contributed by atoms with Crippen LogP contribution in [0.15, 0.2) is 0 Å². The molecule has 0 heterocycles. The van der Waals surface area contributed by atoms with Crippen molar-refractivity contribution in [1.82, 2.24) is 0 Å². The molecule has 0 aromatic carbocycles. The van der Waals surface area contributed by atoms with Crippen LogP contribution in [0.5, 0.6) is 0 Å². The van der Waals surface area contributed by atoms with Gasteiger partial charge >= 0.3 is 66.8 Å². The van der Waals surface area contributed by atoms with Crippen LogP contribution in [0.4, 0.5) is 52.7 Å². The van der Waals surface area contributed by atoms with Gasteiger partial charge in [0.2, 0.25) is 11.2 Å². The molecule has 0 aliphatic carbocycles. The second-order valence-corrected chi connectivity index (χ2v) is 4.07. The van der Waals surface area contributed by atoms with E-state index in [0.29, 0.717) is 0 Å². The zero-order valence-corrected chi connectivity index (χ0v) is 14.8. The summed E-state index contributed by atoms with van der Waals surface area (Å²) in [5.74, 6) is 0. The average Bonchev–Trinajstić information content (AvgIpc) is 2.53. The summed E-state index contributed by atoms with van der Waals surface area (Å²) in [4.78, 5) is 0. The SMILES string of the molecule is [C-]#[O+].[C-]#[O+].[NH-]CC(O)(C(F)(F)F)C(F)(F)F.[NH-]CC(O)(C(F)(F)F)C(F)(F)F.[Ru+2]. The van der Waals surface area contributed by atoms with Crippen molar-refractivity contribution in [2.45, 2.75) is 35.9 Å². The van der Waals surface area contributed by atoms with Crippen molar-refractivity contribution in [1.29, 1.82) is 0 Å². The van der Waals surface area contributed by atoms with Gasteiger partial charge in [0.25, 0.3) is 0 Å². The minimum absolute atomic E-state index is 0. The summed E-state index contributed by atoms with van der Waals surface area (Å²) in [6, 6.07) is 0. The number of hydrogen-bond donors (Lipinski definition) is 2. The number of hydrogen-bond acceptors (Lipinski definition) is 2. The Balaban J connectivity index is -0.000000109. The summed E-state index contributed by atoms with van der Waals surface area (Å²) in [7, 11) is 0. The van der Waals surface area contributed by atoms with Gasteiger partial charge in [0.05, 0.1) is 0 Å². The zero-order chi connectivity index (χ0) is 24.4. The molecule has 0 unspecified atom stereocenters. The van der Waals surface area contributed by atoms with E-state index in [9.17, 15) is 52.7 Å². The summed E-state index contributed by atoms with van der Waals surface area (Å²) < 4.78 is 153. The molecule has 0 aliphatic rings. The Bertz CT molecular complexity index is 412.